The molecule has 0 N–H and O–H groups in total. The number of alkyl halides is 3. The van der Waals surface area contributed by atoms with Crippen molar-refractivity contribution in [3.05, 3.63) is 94.8 Å². The first-order valence-electron chi connectivity index (χ1n) is 13.1. The largest absolute Gasteiger partial charge is 0.416 e. The van der Waals surface area contributed by atoms with E-state index in [4.69, 9.17) is 0 Å². The maximum Gasteiger partial charge on any atom is 0.416 e. The quantitative estimate of drug-likeness (QED) is 0.273. The standard InChI is InChI=1S/C30H36F3N3O2/c1-4-7-17-36(28(37)22-34(6-3)29(38)25-15-13-23(5-2)14-16-25)21-27-12-9-18-35(27)20-24-10-8-11-26(19-24)30(31,32)33/h8-16,18-19H,4-7,17,20-22H2,1-3H3. The lowest BCUT2D eigenvalue weighted by Crippen LogP contribution is -2.43. The molecule has 0 saturated carbocycles. The van der Waals surface area contributed by atoms with Gasteiger partial charge >= 0.3 is 6.18 Å². The highest BCUT2D eigenvalue weighted by Crippen LogP contribution is 2.29. The number of unbranched alkanes of at least 4 members (excludes halogenated alkanes) is 1. The summed E-state index contributed by atoms with van der Waals surface area (Å²) in [5, 5.41) is 0. The molecule has 0 spiro atoms. The second-order valence-electron chi connectivity index (χ2n) is 9.36. The van der Waals surface area contributed by atoms with Gasteiger partial charge in [0.25, 0.3) is 5.91 Å². The van der Waals surface area contributed by atoms with E-state index < -0.39 is 11.7 Å². The van der Waals surface area contributed by atoms with Crippen molar-refractivity contribution < 1.29 is 22.8 Å². The fraction of sp³-hybridized carbons (Fsp3) is 0.400. The minimum atomic E-state index is -4.40. The molecule has 204 valence electrons. The van der Waals surface area contributed by atoms with Gasteiger partial charge in [0.15, 0.2) is 0 Å². The number of rotatable bonds is 12. The van der Waals surface area contributed by atoms with Crippen molar-refractivity contribution in [2.45, 2.75) is 59.3 Å². The van der Waals surface area contributed by atoms with E-state index in [1.165, 1.54) is 6.07 Å². The molecule has 0 aliphatic rings. The summed E-state index contributed by atoms with van der Waals surface area (Å²) in [6.45, 7) is 7.40. The van der Waals surface area contributed by atoms with E-state index in [1.54, 1.807) is 34.2 Å². The number of benzene rings is 2. The number of halogens is 3. The van der Waals surface area contributed by atoms with Gasteiger partial charge < -0.3 is 14.4 Å². The molecule has 38 heavy (non-hydrogen) atoms. The Morgan fingerprint density at radius 2 is 1.63 bits per heavy atom. The molecule has 2 aromatic carbocycles. The maximum atomic E-state index is 13.4. The van der Waals surface area contributed by atoms with Crippen molar-refractivity contribution in [1.82, 2.24) is 14.4 Å². The Hall–Kier alpha value is -3.55. The maximum absolute atomic E-state index is 13.4. The van der Waals surface area contributed by atoms with E-state index >= 15 is 0 Å². The summed E-state index contributed by atoms with van der Waals surface area (Å²) in [4.78, 5) is 29.8. The first-order valence-corrected chi connectivity index (χ1v) is 13.1. The Morgan fingerprint density at radius 1 is 0.895 bits per heavy atom. The van der Waals surface area contributed by atoms with E-state index in [2.05, 4.69) is 6.92 Å². The Kier molecular flexibility index (Phi) is 10.2. The minimum Gasteiger partial charge on any atom is -0.345 e. The number of aromatic nitrogens is 1. The Balaban J connectivity index is 1.74. The van der Waals surface area contributed by atoms with Crippen molar-refractivity contribution >= 4 is 11.8 Å². The number of hydrogen-bond acceptors (Lipinski definition) is 2. The van der Waals surface area contributed by atoms with Crippen LogP contribution in [-0.2, 0) is 30.5 Å². The zero-order chi connectivity index (χ0) is 27.7. The summed E-state index contributed by atoms with van der Waals surface area (Å²) in [6, 6.07) is 16.4. The van der Waals surface area contributed by atoms with Crippen molar-refractivity contribution in [2.24, 2.45) is 0 Å². The average molecular weight is 528 g/mol. The van der Waals surface area contributed by atoms with Crippen LogP contribution in [0.15, 0.2) is 66.9 Å². The molecule has 3 rings (SSSR count). The van der Waals surface area contributed by atoms with E-state index in [0.29, 0.717) is 30.8 Å². The molecule has 3 aromatic rings. The van der Waals surface area contributed by atoms with Crippen LogP contribution in [0.25, 0.3) is 0 Å². The third-order valence-electron chi connectivity index (χ3n) is 6.62. The summed E-state index contributed by atoms with van der Waals surface area (Å²) in [5.74, 6) is -0.350. The third kappa shape index (κ3) is 7.73. The molecule has 1 aromatic heterocycles. The normalized spacial score (nSPS) is 11.4. The average Bonchev–Trinajstić information content (AvgIpc) is 3.35. The number of hydrogen-bond donors (Lipinski definition) is 0. The highest BCUT2D eigenvalue weighted by Gasteiger charge is 2.30. The van der Waals surface area contributed by atoms with Gasteiger partial charge in [0.2, 0.25) is 5.91 Å². The van der Waals surface area contributed by atoms with Gasteiger partial charge in [-0.05, 0) is 67.3 Å². The summed E-state index contributed by atoms with van der Waals surface area (Å²) in [5.41, 5.74) is 2.35. The van der Waals surface area contributed by atoms with Crippen LogP contribution in [-0.4, -0.2) is 45.8 Å². The molecular formula is C30H36F3N3O2. The van der Waals surface area contributed by atoms with Gasteiger partial charge in [-0.3, -0.25) is 9.59 Å². The van der Waals surface area contributed by atoms with Gasteiger partial charge in [0.1, 0.15) is 6.54 Å². The third-order valence-corrected chi connectivity index (χ3v) is 6.62. The lowest BCUT2D eigenvalue weighted by molar-refractivity contribution is -0.137. The molecule has 0 atom stereocenters. The predicted octanol–water partition coefficient (Wildman–Crippen LogP) is 6.41. The van der Waals surface area contributed by atoms with Crippen LogP contribution < -0.4 is 0 Å². The lowest BCUT2D eigenvalue weighted by Gasteiger charge is -2.27. The van der Waals surface area contributed by atoms with Gasteiger partial charge in [-0.25, -0.2) is 0 Å². The molecule has 5 nitrogen and oxygen atoms in total. The van der Waals surface area contributed by atoms with Crippen molar-refractivity contribution in [1.29, 1.82) is 0 Å². The van der Waals surface area contributed by atoms with Crippen LogP contribution in [0.1, 0.15) is 66.4 Å². The zero-order valence-corrected chi connectivity index (χ0v) is 22.3. The number of nitrogens with zero attached hydrogens (tertiary/aromatic N) is 3. The van der Waals surface area contributed by atoms with Gasteiger partial charge in [-0.15, -0.1) is 0 Å². The summed E-state index contributed by atoms with van der Waals surface area (Å²) in [6.07, 6.45) is -0.0143. The Morgan fingerprint density at radius 3 is 2.26 bits per heavy atom. The second-order valence-corrected chi connectivity index (χ2v) is 9.36. The van der Waals surface area contributed by atoms with Crippen LogP contribution in [0.2, 0.25) is 0 Å². The first-order chi connectivity index (χ1) is 18.2. The molecule has 0 unspecified atom stereocenters. The highest BCUT2D eigenvalue weighted by atomic mass is 19.4. The van der Waals surface area contributed by atoms with E-state index in [0.717, 1.165) is 42.7 Å². The zero-order valence-electron chi connectivity index (χ0n) is 22.3. The van der Waals surface area contributed by atoms with Crippen LogP contribution in [0.3, 0.4) is 0 Å². The molecule has 0 radical (unpaired) electrons. The van der Waals surface area contributed by atoms with Crippen LogP contribution >= 0.6 is 0 Å². The van der Waals surface area contributed by atoms with Gasteiger partial charge in [0, 0.05) is 37.1 Å². The first kappa shape index (κ1) is 29.0. The molecule has 0 aliphatic heterocycles. The van der Waals surface area contributed by atoms with Crippen LogP contribution in [0, 0.1) is 0 Å². The fourth-order valence-corrected chi connectivity index (χ4v) is 4.28. The van der Waals surface area contributed by atoms with Gasteiger partial charge in [-0.2, -0.15) is 13.2 Å². The van der Waals surface area contributed by atoms with E-state index in [-0.39, 0.29) is 24.9 Å². The minimum absolute atomic E-state index is 0.0388. The molecule has 0 saturated heterocycles. The van der Waals surface area contributed by atoms with Crippen LogP contribution in [0.4, 0.5) is 13.2 Å². The number of amides is 2. The molecule has 0 bridgehead atoms. The number of aryl methyl sites for hydroxylation is 1. The smallest absolute Gasteiger partial charge is 0.345 e. The topological polar surface area (TPSA) is 45.6 Å². The van der Waals surface area contributed by atoms with E-state index in [1.807, 2.05) is 42.7 Å². The number of carbonyl (C=O) groups excluding carboxylic acids is 2. The van der Waals surface area contributed by atoms with Gasteiger partial charge in [0.05, 0.1) is 12.1 Å². The molecule has 0 fully saturated rings. The molecule has 2 amide bonds. The van der Waals surface area contributed by atoms with Crippen LogP contribution in [0.5, 0.6) is 0 Å². The lowest BCUT2D eigenvalue weighted by atomic mass is 10.1. The summed E-state index contributed by atoms with van der Waals surface area (Å²) in [7, 11) is 0. The number of carbonyl (C=O) groups is 2. The van der Waals surface area contributed by atoms with Gasteiger partial charge in [-0.1, -0.05) is 44.5 Å². The molecule has 0 aliphatic carbocycles. The van der Waals surface area contributed by atoms with Crippen molar-refractivity contribution in [3.63, 3.8) is 0 Å². The fourth-order valence-electron chi connectivity index (χ4n) is 4.28. The molecule has 1 heterocycles. The summed E-state index contributed by atoms with van der Waals surface area (Å²) < 4.78 is 41.3. The second kappa shape index (κ2) is 13.3. The monoisotopic (exact) mass is 527 g/mol. The number of likely N-dealkylation sites (N-methyl/N-ethyl adjacent to an activating group) is 1. The predicted molar refractivity (Wildman–Crippen MR) is 143 cm³/mol. The van der Waals surface area contributed by atoms with E-state index in [9.17, 15) is 22.8 Å². The Labute approximate surface area is 222 Å². The Bertz CT molecular complexity index is 1200. The van der Waals surface area contributed by atoms with Crippen molar-refractivity contribution in [3.8, 4) is 0 Å². The molecule has 8 heteroatoms. The SMILES string of the molecule is CCCCN(Cc1cccn1Cc1cccc(C(F)(F)F)c1)C(=O)CN(CC)C(=O)c1ccc(CC)cc1. The van der Waals surface area contributed by atoms with Crippen molar-refractivity contribution in [2.75, 3.05) is 19.6 Å². The highest BCUT2D eigenvalue weighted by molar-refractivity contribution is 5.96. The molecular weight excluding hydrogens is 491 g/mol. The summed E-state index contributed by atoms with van der Waals surface area (Å²) >= 11 is 0.